The lowest BCUT2D eigenvalue weighted by atomic mass is 9.53. The molecule has 0 unspecified atom stereocenters. The molecular weight excluding hydrogens is 322 g/mol. The Balaban J connectivity index is 1.28. The number of benzene rings is 2. The third kappa shape index (κ3) is 2.87. The number of rotatable bonds is 4. The zero-order valence-corrected chi connectivity index (χ0v) is 15.4. The molecule has 1 amide bonds. The molecule has 0 radical (unpaired) electrons. The molecule has 0 heterocycles. The van der Waals surface area contributed by atoms with Crippen molar-refractivity contribution in [1.82, 2.24) is 5.32 Å². The molecule has 0 aliphatic heterocycles. The molecular formula is C23H27NO2. The Bertz CT molecular complexity index is 808. The third-order valence-corrected chi connectivity index (χ3v) is 6.83. The summed E-state index contributed by atoms with van der Waals surface area (Å²) in [5.41, 5.74) is 0.0485. The van der Waals surface area contributed by atoms with Crippen molar-refractivity contribution in [3.8, 4) is 5.75 Å². The Morgan fingerprint density at radius 1 is 1.00 bits per heavy atom. The molecule has 6 rings (SSSR count). The first-order valence-electron chi connectivity index (χ1n) is 10.1. The average molecular weight is 349 g/mol. The van der Waals surface area contributed by atoms with Crippen LogP contribution in [0.25, 0.3) is 10.8 Å². The number of carbonyl (C=O) groups is 1. The lowest BCUT2D eigenvalue weighted by Crippen LogP contribution is -2.61. The van der Waals surface area contributed by atoms with Crippen LogP contribution in [0.3, 0.4) is 0 Å². The van der Waals surface area contributed by atoms with Crippen molar-refractivity contribution in [2.24, 2.45) is 17.8 Å². The topological polar surface area (TPSA) is 38.3 Å². The fourth-order valence-corrected chi connectivity index (χ4v) is 6.13. The zero-order chi connectivity index (χ0) is 17.7. The van der Waals surface area contributed by atoms with Crippen molar-refractivity contribution in [3.63, 3.8) is 0 Å². The maximum Gasteiger partial charge on any atom is 0.261 e. The first-order valence-corrected chi connectivity index (χ1v) is 10.1. The van der Waals surface area contributed by atoms with Gasteiger partial charge >= 0.3 is 0 Å². The van der Waals surface area contributed by atoms with Crippen LogP contribution in [0, 0.1) is 17.8 Å². The van der Waals surface area contributed by atoms with E-state index in [0.29, 0.717) is 0 Å². The van der Waals surface area contributed by atoms with Gasteiger partial charge in [0.2, 0.25) is 0 Å². The van der Waals surface area contributed by atoms with Crippen LogP contribution in [0.15, 0.2) is 42.5 Å². The van der Waals surface area contributed by atoms with Crippen LogP contribution in [0.5, 0.6) is 5.75 Å². The van der Waals surface area contributed by atoms with E-state index in [1.165, 1.54) is 43.9 Å². The molecule has 3 heteroatoms. The molecule has 2 aromatic rings. The molecule has 0 aromatic heterocycles. The van der Waals surface area contributed by atoms with E-state index in [2.05, 4.69) is 17.4 Å². The van der Waals surface area contributed by atoms with E-state index in [1.807, 2.05) is 37.3 Å². The van der Waals surface area contributed by atoms with Crippen LogP contribution in [0.2, 0.25) is 0 Å². The van der Waals surface area contributed by atoms with Crippen LogP contribution in [0.4, 0.5) is 0 Å². The number of carbonyl (C=O) groups excluding carboxylic acids is 1. The van der Waals surface area contributed by atoms with Gasteiger partial charge in [0.1, 0.15) is 5.75 Å². The van der Waals surface area contributed by atoms with Gasteiger partial charge in [0.25, 0.3) is 5.91 Å². The minimum atomic E-state index is -0.468. The summed E-state index contributed by atoms with van der Waals surface area (Å²) < 4.78 is 5.99. The maximum absolute atomic E-state index is 12.9. The predicted molar refractivity (Wildman–Crippen MR) is 103 cm³/mol. The van der Waals surface area contributed by atoms with Crippen molar-refractivity contribution in [1.29, 1.82) is 0 Å². The fourth-order valence-electron chi connectivity index (χ4n) is 6.13. The summed E-state index contributed by atoms with van der Waals surface area (Å²) in [6.45, 7) is 1.87. The van der Waals surface area contributed by atoms with Crippen LogP contribution < -0.4 is 10.1 Å². The first-order chi connectivity index (χ1) is 12.6. The van der Waals surface area contributed by atoms with E-state index in [-0.39, 0.29) is 11.4 Å². The molecule has 26 heavy (non-hydrogen) atoms. The Labute approximate surface area is 155 Å². The number of nitrogens with one attached hydrogen (secondary N) is 1. The van der Waals surface area contributed by atoms with E-state index in [9.17, 15) is 4.79 Å². The Morgan fingerprint density at radius 2 is 1.62 bits per heavy atom. The van der Waals surface area contributed by atoms with Gasteiger partial charge in [-0.05, 0) is 86.1 Å². The van der Waals surface area contributed by atoms with Gasteiger partial charge in [-0.2, -0.15) is 0 Å². The van der Waals surface area contributed by atoms with E-state index in [4.69, 9.17) is 4.74 Å². The molecule has 4 fully saturated rings. The standard InChI is InChI=1S/C23H27NO2/c1-15(26-21-7-6-19-4-2-3-5-20(19)11-21)22(25)24-23-12-16-8-17(13-23)10-18(9-16)14-23/h2-7,11,15-18H,8-10,12-14H2,1H3,(H,24,25)/t15-,16?,17?,18?,23?/m0/s1. The fraction of sp³-hybridized carbons (Fsp3) is 0.522. The monoisotopic (exact) mass is 349 g/mol. The lowest BCUT2D eigenvalue weighted by molar-refractivity contribution is -0.133. The molecule has 4 saturated carbocycles. The molecule has 4 aliphatic rings. The second kappa shape index (κ2) is 6.00. The quantitative estimate of drug-likeness (QED) is 0.869. The van der Waals surface area contributed by atoms with Crippen LogP contribution in [-0.2, 0) is 4.79 Å². The highest BCUT2D eigenvalue weighted by molar-refractivity contribution is 5.84. The summed E-state index contributed by atoms with van der Waals surface area (Å²) in [6.07, 6.45) is 7.22. The SMILES string of the molecule is C[C@H](Oc1ccc2ccccc2c1)C(=O)NC12CC3CC(CC(C3)C1)C2. The smallest absolute Gasteiger partial charge is 0.261 e. The summed E-state index contributed by atoms with van der Waals surface area (Å²) in [7, 11) is 0. The van der Waals surface area contributed by atoms with Gasteiger partial charge in [-0.3, -0.25) is 4.79 Å². The minimum absolute atomic E-state index is 0.0418. The van der Waals surface area contributed by atoms with Gasteiger partial charge in [0.05, 0.1) is 0 Å². The second-order valence-corrected chi connectivity index (χ2v) is 8.96. The molecule has 0 spiro atoms. The number of hydrogen-bond donors (Lipinski definition) is 1. The second-order valence-electron chi connectivity index (χ2n) is 8.96. The molecule has 4 bridgehead atoms. The first kappa shape index (κ1) is 16.2. The highest BCUT2D eigenvalue weighted by Crippen LogP contribution is 2.55. The highest BCUT2D eigenvalue weighted by atomic mass is 16.5. The highest BCUT2D eigenvalue weighted by Gasteiger charge is 2.51. The Morgan fingerprint density at radius 3 is 2.27 bits per heavy atom. The average Bonchev–Trinajstić information content (AvgIpc) is 2.60. The van der Waals surface area contributed by atoms with Crippen molar-refractivity contribution < 1.29 is 9.53 Å². The minimum Gasteiger partial charge on any atom is -0.481 e. The molecule has 2 aromatic carbocycles. The summed E-state index contributed by atoms with van der Waals surface area (Å²) in [6, 6.07) is 14.2. The molecule has 1 atom stereocenters. The van der Waals surface area contributed by atoms with Crippen LogP contribution in [0.1, 0.15) is 45.4 Å². The maximum atomic E-state index is 12.9. The molecule has 136 valence electrons. The summed E-state index contributed by atoms with van der Waals surface area (Å²) >= 11 is 0. The van der Waals surface area contributed by atoms with Gasteiger partial charge in [0, 0.05) is 5.54 Å². The van der Waals surface area contributed by atoms with Crippen molar-refractivity contribution in [2.45, 2.75) is 57.1 Å². The Hall–Kier alpha value is -2.03. The van der Waals surface area contributed by atoms with Gasteiger partial charge in [-0.1, -0.05) is 30.3 Å². The van der Waals surface area contributed by atoms with Crippen molar-refractivity contribution >= 4 is 16.7 Å². The number of amides is 1. The molecule has 1 N–H and O–H groups in total. The third-order valence-electron chi connectivity index (χ3n) is 6.83. The van der Waals surface area contributed by atoms with Gasteiger partial charge in [-0.25, -0.2) is 0 Å². The number of ether oxygens (including phenoxy) is 1. The van der Waals surface area contributed by atoms with Gasteiger partial charge in [0.15, 0.2) is 6.10 Å². The van der Waals surface area contributed by atoms with E-state index < -0.39 is 6.10 Å². The van der Waals surface area contributed by atoms with Crippen LogP contribution >= 0.6 is 0 Å². The zero-order valence-electron chi connectivity index (χ0n) is 15.4. The Kier molecular flexibility index (Phi) is 3.73. The lowest BCUT2D eigenvalue weighted by Gasteiger charge is -2.57. The largest absolute Gasteiger partial charge is 0.481 e. The van der Waals surface area contributed by atoms with Crippen molar-refractivity contribution in [3.05, 3.63) is 42.5 Å². The summed E-state index contributed by atoms with van der Waals surface area (Å²) in [5, 5.41) is 5.74. The summed E-state index contributed by atoms with van der Waals surface area (Å²) in [4.78, 5) is 12.9. The summed E-state index contributed by atoms with van der Waals surface area (Å²) in [5.74, 6) is 3.30. The molecule has 4 aliphatic carbocycles. The number of hydrogen-bond acceptors (Lipinski definition) is 2. The predicted octanol–water partition coefficient (Wildman–Crippen LogP) is 4.69. The van der Waals surface area contributed by atoms with Crippen LogP contribution in [-0.4, -0.2) is 17.6 Å². The van der Waals surface area contributed by atoms with Gasteiger partial charge in [-0.15, -0.1) is 0 Å². The molecule has 3 nitrogen and oxygen atoms in total. The van der Waals surface area contributed by atoms with Gasteiger partial charge < -0.3 is 10.1 Å². The van der Waals surface area contributed by atoms with E-state index in [1.54, 1.807) is 0 Å². The molecule has 0 saturated heterocycles. The van der Waals surface area contributed by atoms with E-state index >= 15 is 0 Å². The number of fused-ring (bicyclic) bond motifs is 1. The van der Waals surface area contributed by atoms with E-state index in [0.717, 1.165) is 28.9 Å². The normalized spacial score (nSPS) is 33.2. The van der Waals surface area contributed by atoms with Crippen molar-refractivity contribution in [2.75, 3.05) is 0 Å².